The molecule has 0 amide bonds. The second kappa shape index (κ2) is 5.61. The van der Waals surface area contributed by atoms with Gasteiger partial charge in [0.25, 0.3) is 0 Å². The van der Waals surface area contributed by atoms with Gasteiger partial charge in [-0.05, 0) is 37.3 Å². The summed E-state index contributed by atoms with van der Waals surface area (Å²) in [6, 6.07) is 6.42. The van der Waals surface area contributed by atoms with Gasteiger partial charge in [0.05, 0.1) is 13.2 Å². The van der Waals surface area contributed by atoms with E-state index >= 15 is 0 Å². The van der Waals surface area contributed by atoms with Crippen LogP contribution in [0, 0.1) is 5.92 Å². The van der Waals surface area contributed by atoms with Crippen molar-refractivity contribution >= 4 is 5.69 Å². The Balaban J connectivity index is 1.58. The van der Waals surface area contributed by atoms with Gasteiger partial charge >= 0.3 is 0 Å². The molecule has 2 heterocycles. The van der Waals surface area contributed by atoms with E-state index in [9.17, 15) is 0 Å². The predicted molar refractivity (Wildman–Crippen MR) is 72.3 cm³/mol. The van der Waals surface area contributed by atoms with Gasteiger partial charge in [-0.15, -0.1) is 0 Å². The number of rotatable bonds is 3. The second-order valence-corrected chi connectivity index (χ2v) is 5.24. The number of ether oxygens (including phenoxy) is 2. The SMILES string of the molecule is c1cc2c(cc1OCC1CCCOC1)NCCC2. The smallest absolute Gasteiger partial charge is 0.121 e. The van der Waals surface area contributed by atoms with E-state index in [4.69, 9.17) is 9.47 Å². The quantitative estimate of drug-likeness (QED) is 0.891. The van der Waals surface area contributed by atoms with Crippen LogP contribution in [0.5, 0.6) is 5.75 Å². The molecule has 98 valence electrons. The summed E-state index contributed by atoms with van der Waals surface area (Å²) in [5.74, 6) is 1.54. The molecule has 1 aromatic carbocycles. The highest BCUT2D eigenvalue weighted by Crippen LogP contribution is 2.27. The minimum absolute atomic E-state index is 0.558. The Kier molecular flexibility index (Phi) is 3.69. The Morgan fingerprint density at radius 1 is 1.33 bits per heavy atom. The van der Waals surface area contributed by atoms with Crippen LogP contribution < -0.4 is 10.1 Å². The summed E-state index contributed by atoms with van der Waals surface area (Å²) >= 11 is 0. The van der Waals surface area contributed by atoms with Crippen LogP contribution in [0.2, 0.25) is 0 Å². The van der Waals surface area contributed by atoms with Crippen LogP contribution in [0.1, 0.15) is 24.8 Å². The highest BCUT2D eigenvalue weighted by atomic mass is 16.5. The maximum Gasteiger partial charge on any atom is 0.121 e. The summed E-state index contributed by atoms with van der Waals surface area (Å²) in [6.45, 7) is 3.62. The Hall–Kier alpha value is -1.22. The van der Waals surface area contributed by atoms with Crippen molar-refractivity contribution in [3.63, 3.8) is 0 Å². The monoisotopic (exact) mass is 247 g/mol. The van der Waals surface area contributed by atoms with E-state index in [0.29, 0.717) is 5.92 Å². The average molecular weight is 247 g/mol. The fourth-order valence-electron chi connectivity index (χ4n) is 2.68. The van der Waals surface area contributed by atoms with Gasteiger partial charge in [-0.3, -0.25) is 0 Å². The van der Waals surface area contributed by atoms with Crippen LogP contribution in [0.4, 0.5) is 5.69 Å². The zero-order valence-electron chi connectivity index (χ0n) is 10.8. The van der Waals surface area contributed by atoms with Crippen molar-refractivity contribution in [3.8, 4) is 5.75 Å². The molecule has 0 aromatic heterocycles. The van der Waals surface area contributed by atoms with E-state index < -0.39 is 0 Å². The molecule has 3 heteroatoms. The summed E-state index contributed by atoms with van der Waals surface area (Å²) in [4.78, 5) is 0. The van der Waals surface area contributed by atoms with E-state index in [-0.39, 0.29) is 0 Å². The Morgan fingerprint density at radius 2 is 2.33 bits per heavy atom. The molecule has 1 unspecified atom stereocenters. The van der Waals surface area contributed by atoms with E-state index in [2.05, 4.69) is 23.5 Å². The zero-order valence-corrected chi connectivity index (χ0v) is 10.8. The normalized spacial score (nSPS) is 23.0. The van der Waals surface area contributed by atoms with Crippen molar-refractivity contribution in [2.75, 3.05) is 31.7 Å². The highest BCUT2D eigenvalue weighted by molar-refractivity contribution is 5.56. The average Bonchev–Trinajstić information content (AvgIpc) is 2.46. The van der Waals surface area contributed by atoms with Crippen LogP contribution >= 0.6 is 0 Å². The maximum absolute atomic E-state index is 5.89. The largest absolute Gasteiger partial charge is 0.493 e. The fraction of sp³-hybridized carbons (Fsp3) is 0.600. The first-order chi connectivity index (χ1) is 8.92. The van der Waals surface area contributed by atoms with Crippen LogP contribution in [-0.2, 0) is 11.2 Å². The van der Waals surface area contributed by atoms with Crippen LogP contribution in [0.25, 0.3) is 0 Å². The number of hydrogen-bond acceptors (Lipinski definition) is 3. The molecule has 0 aliphatic carbocycles. The Labute approximate surface area is 108 Å². The lowest BCUT2D eigenvalue weighted by Crippen LogP contribution is -2.23. The van der Waals surface area contributed by atoms with Gasteiger partial charge in [-0.2, -0.15) is 0 Å². The van der Waals surface area contributed by atoms with Crippen molar-refractivity contribution in [1.82, 2.24) is 0 Å². The van der Waals surface area contributed by atoms with Crippen molar-refractivity contribution in [2.24, 2.45) is 5.92 Å². The van der Waals surface area contributed by atoms with Crippen molar-refractivity contribution in [2.45, 2.75) is 25.7 Å². The van der Waals surface area contributed by atoms with Gasteiger partial charge in [0.15, 0.2) is 0 Å². The molecule has 1 aromatic rings. The summed E-state index contributed by atoms with van der Waals surface area (Å²) in [6.07, 6.45) is 4.80. The van der Waals surface area contributed by atoms with Gasteiger partial charge in [-0.25, -0.2) is 0 Å². The standard InChI is InChI=1S/C15H21NO2/c1-4-13-5-6-14(9-15(13)16-7-1)18-11-12-3-2-8-17-10-12/h5-6,9,12,16H,1-4,7-8,10-11H2. The Morgan fingerprint density at radius 3 is 3.22 bits per heavy atom. The highest BCUT2D eigenvalue weighted by Gasteiger charge is 2.15. The second-order valence-electron chi connectivity index (χ2n) is 5.24. The lowest BCUT2D eigenvalue weighted by molar-refractivity contribution is 0.0352. The molecule has 2 aliphatic rings. The first-order valence-electron chi connectivity index (χ1n) is 6.99. The van der Waals surface area contributed by atoms with E-state index in [0.717, 1.165) is 32.1 Å². The van der Waals surface area contributed by atoms with Crippen molar-refractivity contribution in [1.29, 1.82) is 0 Å². The number of fused-ring (bicyclic) bond motifs is 1. The molecule has 1 N–H and O–H groups in total. The third-order valence-electron chi connectivity index (χ3n) is 3.76. The van der Waals surface area contributed by atoms with Gasteiger partial charge < -0.3 is 14.8 Å². The predicted octanol–water partition coefficient (Wildman–Crippen LogP) is 2.85. The van der Waals surface area contributed by atoms with Crippen LogP contribution in [0.3, 0.4) is 0 Å². The molecule has 1 fully saturated rings. The lowest BCUT2D eigenvalue weighted by atomic mass is 10.0. The molecule has 0 radical (unpaired) electrons. The summed E-state index contributed by atoms with van der Waals surface area (Å²) in [5.41, 5.74) is 2.66. The molecular formula is C15H21NO2. The number of hydrogen-bond donors (Lipinski definition) is 1. The number of nitrogens with one attached hydrogen (secondary N) is 1. The fourth-order valence-corrected chi connectivity index (χ4v) is 2.68. The zero-order chi connectivity index (χ0) is 12.2. The summed E-state index contributed by atoms with van der Waals surface area (Å²) in [5, 5.41) is 3.44. The minimum Gasteiger partial charge on any atom is -0.493 e. The summed E-state index contributed by atoms with van der Waals surface area (Å²) in [7, 11) is 0. The van der Waals surface area contributed by atoms with Gasteiger partial charge in [-0.1, -0.05) is 6.07 Å². The van der Waals surface area contributed by atoms with Crippen molar-refractivity contribution < 1.29 is 9.47 Å². The topological polar surface area (TPSA) is 30.5 Å². The van der Waals surface area contributed by atoms with E-state index in [1.165, 1.54) is 36.9 Å². The first kappa shape index (κ1) is 11.8. The number of aryl methyl sites for hydroxylation is 1. The number of anilines is 1. The molecule has 18 heavy (non-hydrogen) atoms. The molecule has 0 spiro atoms. The van der Waals surface area contributed by atoms with E-state index in [1.54, 1.807) is 0 Å². The Bertz CT molecular complexity index is 399. The van der Waals surface area contributed by atoms with Gasteiger partial charge in [0, 0.05) is 30.8 Å². The molecule has 1 saturated heterocycles. The first-order valence-corrected chi connectivity index (χ1v) is 6.99. The molecule has 0 saturated carbocycles. The molecule has 3 rings (SSSR count). The van der Waals surface area contributed by atoms with Crippen LogP contribution in [0.15, 0.2) is 18.2 Å². The molecular weight excluding hydrogens is 226 g/mol. The van der Waals surface area contributed by atoms with Crippen LogP contribution in [-0.4, -0.2) is 26.4 Å². The molecule has 1 atom stereocenters. The third-order valence-corrected chi connectivity index (χ3v) is 3.76. The summed E-state index contributed by atoms with van der Waals surface area (Å²) < 4.78 is 11.4. The van der Waals surface area contributed by atoms with Gasteiger partial charge in [0.2, 0.25) is 0 Å². The minimum atomic E-state index is 0.558. The van der Waals surface area contributed by atoms with Crippen molar-refractivity contribution in [3.05, 3.63) is 23.8 Å². The van der Waals surface area contributed by atoms with Gasteiger partial charge in [0.1, 0.15) is 5.75 Å². The molecule has 3 nitrogen and oxygen atoms in total. The molecule has 2 aliphatic heterocycles. The maximum atomic E-state index is 5.89. The molecule has 0 bridgehead atoms. The lowest BCUT2D eigenvalue weighted by Gasteiger charge is -2.23. The van der Waals surface area contributed by atoms with E-state index in [1.807, 2.05) is 0 Å². The third kappa shape index (κ3) is 2.78. The number of benzene rings is 1.